The van der Waals surface area contributed by atoms with E-state index < -0.39 is 0 Å². The van der Waals surface area contributed by atoms with Gasteiger partial charge in [0, 0.05) is 25.2 Å². The number of hydrogen-bond acceptors (Lipinski definition) is 3. The second-order valence-electron chi connectivity index (χ2n) is 8.03. The van der Waals surface area contributed by atoms with Crippen molar-refractivity contribution in [3.05, 3.63) is 65.2 Å². The summed E-state index contributed by atoms with van der Waals surface area (Å²) in [6.45, 7) is 4.84. The standard InChI is InChI=1S/C24H29N3O2/c28-23(20-12-10-19(11-13-20)18-26-14-6-7-15-26)25-22-9-3-2-8-21(22)24(29)27-16-4-1-5-17-27/h2-3,8-13H,1,4-7,14-18H2,(H,25,28). The molecule has 0 radical (unpaired) electrons. The van der Waals surface area contributed by atoms with Gasteiger partial charge in [0.1, 0.15) is 0 Å². The molecule has 2 amide bonds. The van der Waals surface area contributed by atoms with Gasteiger partial charge in [-0.1, -0.05) is 24.3 Å². The molecule has 0 saturated carbocycles. The number of carbonyl (C=O) groups is 2. The van der Waals surface area contributed by atoms with E-state index in [0.717, 1.165) is 45.6 Å². The summed E-state index contributed by atoms with van der Waals surface area (Å²) in [5, 5.41) is 2.94. The number of carbonyl (C=O) groups excluding carboxylic acids is 2. The van der Waals surface area contributed by atoms with E-state index in [-0.39, 0.29) is 11.8 Å². The minimum atomic E-state index is -0.184. The first kappa shape index (κ1) is 19.6. The Labute approximate surface area is 172 Å². The molecule has 2 heterocycles. The van der Waals surface area contributed by atoms with Gasteiger partial charge in [-0.25, -0.2) is 0 Å². The molecule has 29 heavy (non-hydrogen) atoms. The third-order valence-electron chi connectivity index (χ3n) is 5.87. The maximum Gasteiger partial charge on any atom is 0.255 e. The van der Waals surface area contributed by atoms with Crippen LogP contribution in [0.2, 0.25) is 0 Å². The molecule has 4 rings (SSSR count). The minimum Gasteiger partial charge on any atom is -0.339 e. The summed E-state index contributed by atoms with van der Waals surface area (Å²) in [5.41, 5.74) is 2.97. The fourth-order valence-corrected chi connectivity index (χ4v) is 4.20. The molecule has 0 spiro atoms. The van der Waals surface area contributed by atoms with E-state index in [1.807, 2.05) is 41.3 Å². The first-order chi connectivity index (χ1) is 14.2. The summed E-state index contributed by atoms with van der Waals surface area (Å²) in [4.78, 5) is 30.0. The number of nitrogens with zero attached hydrogens (tertiary/aromatic N) is 2. The van der Waals surface area contributed by atoms with E-state index in [1.54, 1.807) is 12.1 Å². The summed E-state index contributed by atoms with van der Waals surface area (Å²) >= 11 is 0. The van der Waals surface area contributed by atoms with Crippen LogP contribution in [0.15, 0.2) is 48.5 Å². The van der Waals surface area contributed by atoms with Crippen LogP contribution in [0.4, 0.5) is 5.69 Å². The number of rotatable bonds is 5. The summed E-state index contributed by atoms with van der Waals surface area (Å²) < 4.78 is 0. The number of para-hydroxylation sites is 1. The number of hydrogen-bond donors (Lipinski definition) is 1. The van der Waals surface area contributed by atoms with Gasteiger partial charge in [0.25, 0.3) is 11.8 Å². The highest BCUT2D eigenvalue weighted by atomic mass is 16.2. The zero-order valence-corrected chi connectivity index (χ0v) is 16.9. The molecule has 0 atom stereocenters. The molecule has 2 aromatic rings. The average molecular weight is 392 g/mol. The van der Waals surface area contributed by atoms with E-state index >= 15 is 0 Å². The fraction of sp³-hybridized carbons (Fsp3) is 0.417. The lowest BCUT2D eigenvalue weighted by atomic mass is 10.1. The summed E-state index contributed by atoms with van der Waals surface area (Å²) in [6, 6.07) is 15.1. The predicted molar refractivity (Wildman–Crippen MR) is 115 cm³/mol. The van der Waals surface area contributed by atoms with Crippen LogP contribution in [0, 0.1) is 0 Å². The van der Waals surface area contributed by atoms with Crippen molar-refractivity contribution >= 4 is 17.5 Å². The number of amides is 2. The van der Waals surface area contributed by atoms with Gasteiger partial charge in [-0.05, 0) is 75.0 Å². The lowest BCUT2D eigenvalue weighted by Gasteiger charge is -2.27. The fourth-order valence-electron chi connectivity index (χ4n) is 4.20. The highest BCUT2D eigenvalue weighted by Crippen LogP contribution is 2.21. The summed E-state index contributed by atoms with van der Waals surface area (Å²) in [5.74, 6) is -0.182. The molecule has 152 valence electrons. The highest BCUT2D eigenvalue weighted by Gasteiger charge is 2.21. The van der Waals surface area contributed by atoms with Crippen molar-refractivity contribution in [2.75, 3.05) is 31.5 Å². The largest absolute Gasteiger partial charge is 0.339 e. The Morgan fingerprint density at radius 2 is 1.45 bits per heavy atom. The Kier molecular flexibility index (Phi) is 6.25. The van der Waals surface area contributed by atoms with Gasteiger partial charge in [-0.3, -0.25) is 14.5 Å². The highest BCUT2D eigenvalue weighted by molar-refractivity contribution is 6.09. The van der Waals surface area contributed by atoms with Gasteiger partial charge >= 0.3 is 0 Å². The third kappa shape index (κ3) is 4.85. The third-order valence-corrected chi connectivity index (χ3v) is 5.87. The zero-order valence-electron chi connectivity index (χ0n) is 16.9. The smallest absolute Gasteiger partial charge is 0.255 e. The Hall–Kier alpha value is -2.66. The van der Waals surface area contributed by atoms with Gasteiger partial charge < -0.3 is 10.2 Å². The SMILES string of the molecule is O=C(Nc1ccccc1C(=O)N1CCCCC1)c1ccc(CN2CCCC2)cc1. The second kappa shape index (κ2) is 9.23. The molecule has 0 bridgehead atoms. The summed E-state index contributed by atoms with van der Waals surface area (Å²) in [7, 11) is 0. The van der Waals surface area contributed by atoms with Crippen LogP contribution in [0.1, 0.15) is 58.4 Å². The van der Waals surface area contributed by atoms with Gasteiger partial charge in [0.15, 0.2) is 0 Å². The van der Waals surface area contributed by atoms with E-state index in [4.69, 9.17) is 0 Å². The van der Waals surface area contributed by atoms with Crippen LogP contribution in [0.5, 0.6) is 0 Å². The van der Waals surface area contributed by atoms with E-state index in [9.17, 15) is 9.59 Å². The first-order valence-corrected chi connectivity index (χ1v) is 10.7. The Morgan fingerprint density at radius 1 is 0.793 bits per heavy atom. The van der Waals surface area contributed by atoms with Crippen molar-refractivity contribution in [3.8, 4) is 0 Å². The molecule has 5 nitrogen and oxygen atoms in total. The number of piperidine rings is 1. The Bertz CT molecular complexity index is 851. The van der Waals surface area contributed by atoms with Crippen molar-refractivity contribution in [1.82, 2.24) is 9.80 Å². The van der Waals surface area contributed by atoms with Crippen LogP contribution in [0.3, 0.4) is 0 Å². The Balaban J connectivity index is 1.43. The number of benzene rings is 2. The van der Waals surface area contributed by atoms with E-state index in [1.165, 1.54) is 24.8 Å². The quantitative estimate of drug-likeness (QED) is 0.833. The molecule has 0 aliphatic carbocycles. The molecule has 0 unspecified atom stereocenters. The minimum absolute atomic E-state index is 0.00145. The maximum atomic E-state index is 12.9. The average Bonchev–Trinajstić information content (AvgIpc) is 3.28. The number of nitrogens with one attached hydrogen (secondary N) is 1. The maximum absolute atomic E-state index is 12.9. The van der Waals surface area contributed by atoms with Crippen molar-refractivity contribution in [1.29, 1.82) is 0 Å². The van der Waals surface area contributed by atoms with E-state index in [0.29, 0.717) is 16.8 Å². The van der Waals surface area contributed by atoms with Crippen LogP contribution < -0.4 is 5.32 Å². The number of anilines is 1. The lowest BCUT2D eigenvalue weighted by Crippen LogP contribution is -2.36. The lowest BCUT2D eigenvalue weighted by molar-refractivity contribution is 0.0725. The molecule has 5 heteroatoms. The second-order valence-corrected chi connectivity index (χ2v) is 8.03. The molecular formula is C24H29N3O2. The molecule has 2 fully saturated rings. The zero-order chi connectivity index (χ0) is 20.1. The van der Waals surface area contributed by atoms with Crippen LogP contribution in [-0.4, -0.2) is 47.8 Å². The molecule has 2 aliphatic heterocycles. The van der Waals surface area contributed by atoms with Crippen molar-refractivity contribution in [2.45, 2.75) is 38.6 Å². The van der Waals surface area contributed by atoms with Gasteiger partial charge in [0.05, 0.1) is 11.3 Å². The Morgan fingerprint density at radius 3 is 2.17 bits per heavy atom. The van der Waals surface area contributed by atoms with Crippen molar-refractivity contribution in [2.24, 2.45) is 0 Å². The van der Waals surface area contributed by atoms with Crippen LogP contribution in [0.25, 0.3) is 0 Å². The van der Waals surface area contributed by atoms with Gasteiger partial charge in [-0.2, -0.15) is 0 Å². The van der Waals surface area contributed by atoms with E-state index in [2.05, 4.69) is 10.2 Å². The van der Waals surface area contributed by atoms with Gasteiger partial charge in [-0.15, -0.1) is 0 Å². The molecule has 0 aromatic heterocycles. The molecule has 1 N–H and O–H groups in total. The van der Waals surface area contributed by atoms with Crippen molar-refractivity contribution < 1.29 is 9.59 Å². The first-order valence-electron chi connectivity index (χ1n) is 10.7. The van der Waals surface area contributed by atoms with Crippen LogP contribution >= 0.6 is 0 Å². The van der Waals surface area contributed by atoms with Gasteiger partial charge in [0.2, 0.25) is 0 Å². The molecular weight excluding hydrogens is 362 g/mol. The predicted octanol–water partition coefficient (Wildman–Crippen LogP) is 4.16. The molecule has 2 aliphatic rings. The number of likely N-dealkylation sites (tertiary alicyclic amines) is 2. The summed E-state index contributed by atoms with van der Waals surface area (Å²) in [6.07, 6.45) is 5.82. The monoisotopic (exact) mass is 391 g/mol. The van der Waals surface area contributed by atoms with Crippen molar-refractivity contribution in [3.63, 3.8) is 0 Å². The molecule has 2 saturated heterocycles. The van der Waals surface area contributed by atoms with Crippen LogP contribution in [-0.2, 0) is 6.54 Å². The normalized spacial score (nSPS) is 17.3. The topological polar surface area (TPSA) is 52.7 Å². The molecule has 2 aromatic carbocycles.